The van der Waals surface area contributed by atoms with E-state index < -0.39 is 0 Å². The highest BCUT2D eigenvalue weighted by atomic mass is 35.5. The summed E-state index contributed by atoms with van der Waals surface area (Å²) in [6.07, 6.45) is 0. The lowest BCUT2D eigenvalue weighted by molar-refractivity contribution is -0.120. The van der Waals surface area contributed by atoms with Gasteiger partial charge in [0.25, 0.3) is 0 Å². The van der Waals surface area contributed by atoms with E-state index in [0.717, 1.165) is 10.5 Å². The molecule has 0 heterocycles. The van der Waals surface area contributed by atoms with E-state index in [2.05, 4.69) is 5.32 Å². The van der Waals surface area contributed by atoms with Crippen LogP contribution in [0.1, 0.15) is 25.5 Å². The first kappa shape index (κ1) is 15.9. The monoisotopic (exact) mass is 319 g/mol. The quantitative estimate of drug-likeness (QED) is 0.809. The predicted octanol–water partition coefficient (Wildman–Crippen LogP) is 4.70. The van der Waals surface area contributed by atoms with Gasteiger partial charge in [0.05, 0.1) is 11.3 Å². The summed E-state index contributed by atoms with van der Waals surface area (Å²) in [5.74, 6) is 0.0336. The second kappa shape index (κ2) is 7.53. The molecule has 0 spiro atoms. The van der Waals surface area contributed by atoms with Gasteiger partial charge in [-0.15, -0.1) is 11.8 Å². The van der Waals surface area contributed by atoms with Crippen LogP contribution in [0.15, 0.2) is 59.5 Å². The SMILES string of the molecule is C[C@H](Sc1ccc(Cl)cc1)C(=O)N[C@@H](C)c1ccccc1. The first-order valence-corrected chi connectivity index (χ1v) is 8.09. The van der Waals surface area contributed by atoms with Gasteiger partial charge in [0.15, 0.2) is 0 Å². The van der Waals surface area contributed by atoms with Gasteiger partial charge in [0, 0.05) is 9.92 Å². The molecule has 1 N–H and O–H groups in total. The van der Waals surface area contributed by atoms with Gasteiger partial charge in [-0.3, -0.25) is 4.79 Å². The molecule has 0 aromatic heterocycles. The molecule has 0 radical (unpaired) electrons. The molecule has 0 bridgehead atoms. The summed E-state index contributed by atoms with van der Waals surface area (Å²) in [6, 6.07) is 17.5. The summed E-state index contributed by atoms with van der Waals surface area (Å²) >= 11 is 7.39. The van der Waals surface area contributed by atoms with Crippen LogP contribution in [0.3, 0.4) is 0 Å². The maximum atomic E-state index is 12.2. The van der Waals surface area contributed by atoms with E-state index in [-0.39, 0.29) is 17.2 Å². The molecule has 2 atom stereocenters. The fourth-order valence-electron chi connectivity index (χ4n) is 1.93. The zero-order chi connectivity index (χ0) is 15.2. The van der Waals surface area contributed by atoms with Crippen LogP contribution in [0.4, 0.5) is 0 Å². The van der Waals surface area contributed by atoms with Crippen LogP contribution >= 0.6 is 23.4 Å². The first-order valence-electron chi connectivity index (χ1n) is 6.84. The molecule has 0 saturated carbocycles. The summed E-state index contributed by atoms with van der Waals surface area (Å²) in [4.78, 5) is 13.3. The molecule has 2 aromatic carbocycles. The van der Waals surface area contributed by atoms with Crippen molar-refractivity contribution in [3.63, 3.8) is 0 Å². The molecule has 2 aromatic rings. The highest BCUT2D eigenvalue weighted by Gasteiger charge is 2.17. The molecule has 2 rings (SSSR count). The lowest BCUT2D eigenvalue weighted by atomic mass is 10.1. The number of hydrogen-bond donors (Lipinski definition) is 1. The van der Waals surface area contributed by atoms with Gasteiger partial charge in [-0.1, -0.05) is 41.9 Å². The van der Waals surface area contributed by atoms with Crippen LogP contribution < -0.4 is 5.32 Å². The first-order chi connectivity index (χ1) is 10.1. The highest BCUT2D eigenvalue weighted by molar-refractivity contribution is 8.00. The lowest BCUT2D eigenvalue weighted by Gasteiger charge is -2.17. The van der Waals surface area contributed by atoms with Crippen molar-refractivity contribution in [1.29, 1.82) is 0 Å². The van der Waals surface area contributed by atoms with E-state index in [4.69, 9.17) is 11.6 Å². The molecule has 0 saturated heterocycles. The average molecular weight is 320 g/mol. The number of carbonyl (C=O) groups excluding carboxylic acids is 1. The van der Waals surface area contributed by atoms with Crippen LogP contribution in [-0.2, 0) is 4.79 Å². The lowest BCUT2D eigenvalue weighted by Crippen LogP contribution is -2.33. The maximum Gasteiger partial charge on any atom is 0.233 e. The standard InChI is InChI=1S/C17H18ClNOS/c1-12(14-6-4-3-5-7-14)19-17(20)13(2)21-16-10-8-15(18)9-11-16/h3-13H,1-2H3,(H,19,20)/t12-,13-/m0/s1. The summed E-state index contributed by atoms with van der Waals surface area (Å²) < 4.78 is 0. The van der Waals surface area contributed by atoms with Crippen molar-refractivity contribution >= 4 is 29.3 Å². The van der Waals surface area contributed by atoms with Gasteiger partial charge in [-0.2, -0.15) is 0 Å². The Labute approximate surface area is 134 Å². The van der Waals surface area contributed by atoms with Crippen LogP contribution in [0.25, 0.3) is 0 Å². The number of halogens is 1. The fourth-order valence-corrected chi connectivity index (χ4v) is 2.93. The van der Waals surface area contributed by atoms with E-state index in [1.807, 2.05) is 68.4 Å². The fraction of sp³-hybridized carbons (Fsp3) is 0.235. The molecule has 0 aliphatic carbocycles. The molecule has 0 aliphatic rings. The molecule has 21 heavy (non-hydrogen) atoms. The van der Waals surface area contributed by atoms with Gasteiger partial charge in [-0.05, 0) is 43.7 Å². The van der Waals surface area contributed by atoms with E-state index >= 15 is 0 Å². The normalized spacial score (nSPS) is 13.5. The Hall–Kier alpha value is -1.45. The van der Waals surface area contributed by atoms with Crippen molar-refractivity contribution in [2.75, 3.05) is 0 Å². The number of nitrogens with one attached hydrogen (secondary N) is 1. The topological polar surface area (TPSA) is 29.1 Å². The summed E-state index contributed by atoms with van der Waals surface area (Å²) in [6.45, 7) is 3.90. The average Bonchev–Trinajstić information content (AvgIpc) is 2.50. The Morgan fingerprint density at radius 3 is 2.29 bits per heavy atom. The largest absolute Gasteiger partial charge is 0.349 e. The number of rotatable bonds is 5. The molecular formula is C17H18ClNOS. The minimum atomic E-state index is -0.155. The molecular weight excluding hydrogens is 302 g/mol. The van der Waals surface area contributed by atoms with Crippen molar-refractivity contribution in [2.24, 2.45) is 0 Å². The van der Waals surface area contributed by atoms with E-state index in [0.29, 0.717) is 5.02 Å². The Morgan fingerprint density at radius 2 is 1.67 bits per heavy atom. The van der Waals surface area contributed by atoms with Gasteiger partial charge >= 0.3 is 0 Å². The highest BCUT2D eigenvalue weighted by Crippen LogP contribution is 2.25. The second-order valence-electron chi connectivity index (χ2n) is 4.85. The number of hydrogen-bond acceptors (Lipinski definition) is 2. The second-order valence-corrected chi connectivity index (χ2v) is 6.71. The van der Waals surface area contributed by atoms with Crippen LogP contribution in [-0.4, -0.2) is 11.2 Å². The number of carbonyl (C=O) groups is 1. The van der Waals surface area contributed by atoms with Crippen molar-refractivity contribution in [2.45, 2.75) is 30.0 Å². The van der Waals surface area contributed by atoms with E-state index in [1.165, 1.54) is 11.8 Å². The van der Waals surface area contributed by atoms with Crippen LogP contribution in [0.2, 0.25) is 5.02 Å². The molecule has 4 heteroatoms. The smallest absolute Gasteiger partial charge is 0.233 e. The minimum Gasteiger partial charge on any atom is -0.349 e. The summed E-state index contributed by atoms with van der Waals surface area (Å²) in [7, 11) is 0. The third kappa shape index (κ3) is 4.80. The van der Waals surface area contributed by atoms with E-state index in [1.54, 1.807) is 0 Å². The van der Waals surface area contributed by atoms with Crippen LogP contribution in [0, 0.1) is 0 Å². The summed E-state index contributed by atoms with van der Waals surface area (Å²) in [5.41, 5.74) is 1.11. The molecule has 1 amide bonds. The van der Waals surface area contributed by atoms with Crippen molar-refractivity contribution in [3.8, 4) is 0 Å². The zero-order valence-electron chi connectivity index (χ0n) is 12.0. The number of amides is 1. The molecule has 0 unspecified atom stereocenters. The van der Waals surface area contributed by atoms with Gasteiger partial charge < -0.3 is 5.32 Å². The Kier molecular flexibility index (Phi) is 5.71. The number of benzene rings is 2. The zero-order valence-corrected chi connectivity index (χ0v) is 13.6. The molecule has 2 nitrogen and oxygen atoms in total. The molecule has 0 fully saturated rings. The van der Waals surface area contributed by atoms with Crippen molar-refractivity contribution in [3.05, 3.63) is 65.2 Å². The maximum absolute atomic E-state index is 12.2. The Balaban J connectivity index is 1.92. The Morgan fingerprint density at radius 1 is 1.05 bits per heavy atom. The van der Waals surface area contributed by atoms with Crippen LogP contribution in [0.5, 0.6) is 0 Å². The van der Waals surface area contributed by atoms with E-state index in [9.17, 15) is 4.79 Å². The Bertz CT molecular complexity index is 585. The van der Waals surface area contributed by atoms with Crippen molar-refractivity contribution in [1.82, 2.24) is 5.32 Å². The third-order valence-corrected chi connectivity index (χ3v) is 4.52. The molecule has 0 aliphatic heterocycles. The third-order valence-electron chi connectivity index (χ3n) is 3.15. The summed E-state index contributed by atoms with van der Waals surface area (Å²) in [5, 5.41) is 3.59. The van der Waals surface area contributed by atoms with Gasteiger partial charge in [-0.25, -0.2) is 0 Å². The molecule has 110 valence electrons. The predicted molar refractivity (Wildman–Crippen MR) is 89.8 cm³/mol. The van der Waals surface area contributed by atoms with Crippen molar-refractivity contribution < 1.29 is 4.79 Å². The number of thioether (sulfide) groups is 1. The van der Waals surface area contributed by atoms with Gasteiger partial charge in [0.1, 0.15) is 0 Å². The van der Waals surface area contributed by atoms with Gasteiger partial charge in [0.2, 0.25) is 5.91 Å². The minimum absolute atomic E-state index is 0.00645.